The van der Waals surface area contributed by atoms with Gasteiger partial charge < -0.3 is 4.79 Å². The van der Waals surface area contributed by atoms with Gasteiger partial charge in [0.25, 0.3) is 0 Å². The lowest BCUT2D eigenvalue weighted by Crippen LogP contribution is -1.95. The minimum Gasteiger partial charge on any atom is -0.303 e. The zero-order valence-electron chi connectivity index (χ0n) is 7.92. The van der Waals surface area contributed by atoms with E-state index in [-0.39, 0.29) is 5.92 Å². The summed E-state index contributed by atoms with van der Waals surface area (Å²) in [4.78, 5) is 10.3. The Labute approximate surface area is 69.5 Å². The van der Waals surface area contributed by atoms with Crippen molar-refractivity contribution in [1.29, 1.82) is 0 Å². The molecule has 0 spiro atoms. The fraction of sp³-hybridized carbons (Fsp3) is 0.700. The van der Waals surface area contributed by atoms with E-state index in [1.165, 1.54) is 5.57 Å². The van der Waals surface area contributed by atoms with Gasteiger partial charge in [-0.3, -0.25) is 0 Å². The molecule has 0 fully saturated rings. The van der Waals surface area contributed by atoms with E-state index in [4.69, 9.17) is 0 Å². The maximum absolute atomic E-state index is 10.3. The molecule has 1 atom stereocenters. The molecule has 11 heavy (non-hydrogen) atoms. The summed E-state index contributed by atoms with van der Waals surface area (Å²) >= 11 is 0. The minimum absolute atomic E-state index is 0.170. The maximum Gasteiger partial charge on any atom is 0.123 e. The van der Waals surface area contributed by atoms with Crippen molar-refractivity contribution in [3.63, 3.8) is 0 Å². The van der Waals surface area contributed by atoms with Crippen LogP contribution >= 0.6 is 0 Å². The van der Waals surface area contributed by atoms with Gasteiger partial charge in [-0.2, -0.15) is 0 Å². The van der Waals surface area contributed by atoms with Crippen molar-refractivity contribution >= 4 is 6.29 Å². The van der Waals surface area contributed by atoms with E-state index in [0.717, 1.165) is 12.7 Å². The molecular weight excluding hydrogens is 136 g/mol. The van der Waals surface area contributed by atoms with Gasteiger partial charge in [0.05, 0.1) is 0 Å². The molecule has 0 aliphatic carbocycles. The molecule has 64 valence electrons. The minimum atomic E-state index is 0.170. The van der Waals surface area contributed by atoms with Gasteiger partial charge in [0.2, 0.25) is 0 Å². The van der Waals surface area contributed by atoms with Crippen LogP contribution in [0.4, 0.5) is 0 Å². The Hall–Kier alpha value is -0.590. The number of aldehydes is 1. The van der Waals surface area contributed by atoms with Crippen LogP contribution in [0.1, 0.15) is 34.1 Å². The summed E-state index contributed by atoms with van der Waals surface area (Å²) in [6.07, 6.45) is 4.04. The normalized spacial score (nSPS) is 15.2. The monoisotopic (exact) mass is 154 g/mol. The van der Waals surface area contributed by atoms with Crippen molar-refractivity contribution in [2.45, 2.75) is 34.1 Å². The highest BCUT2D eigenvalue weighted by atomic mass is 16.1. The summed E-state index contributed by atoms with van der Waals surface area (Å²) in [6, 6.07) is 0. The van der Waals surface area contributed by atoms with Gasteiger partial charge in [-0.05, 0) is 19.3 Å². The fourth-order valence-corrected chi connectivity index (χ4v) is 0.663. The predicted molar refractivity (Wildman–Crippen MR) is 48.4 cm³/mol. The second-order valence-electron chi connectivity index (χ2n) is 3.45. The molecule has 0 saturated heterocycles. The van der Waals surface area contributed by atoms with Crippen molar-refractivity contribution in [1.82, 2.24) is 0 Å². The average Bonchev–Trinajstić information content (AvgIpc) is 1.99. The Morgan fingerprint density at radius 3 is 2.27 bits per heavy atom. The highest BCUT2D eigenvalue weighted by molar-refractivity contribution is 5.53. The van der Waals surface area contributed by atoms with Gasteiger partial charge in [0.1, 0.15) is 6.29 Å². The molecule has 0 aliphatic rings. The Morgan fingerprint density at radius 2 is 1.91 bits per heavy atom. The molecule has 0 aromatic heterocycles. The maximum atomic E-state index is 10.3. The van der Waals surface area contributed by atoms with E-state index in [2.05, 4.69) is 26.8 Å². The van der Waals surface area contributed by atoms with Crippen molar-refractivity contribution in [2.75, 3.05) is 0 Å². The zero-order valence-corrected chi connectivity index (χ0v) is 7.92. The highest BCUT2D eigenvalue weighted by Crippen LogP contribution is 2.10. The second kappa shape index (κ2) is 5.11. The lowest BCUT2D eigenvalue weighted by atomic mass is 10.0. The van der Waals surface area contributed by atoms with Crippen molar-refractivity contribution in [3.05, 3.63) is 11.6 Å². The first-order valence-corrected chi connectivity index (χ1v) is 4.19. The average molecular weight is 154 g/mol. The molecule has 0 aliphatic heterocycles. The molecule has 0 radical (unpaired) electrons. The van der Waals surface area contributed by atoms with Gasteiger partial charge in [0.15, 0.2) is 0 Å². The van der Waals surface area contributed by atoms with Crippen molar-refractivity contribution in [2.24, 2.45) is 11.8 Å². The summed E-state index contributed by atoms with van der Waals surface area (Å²) in [5, 5.41) is 0. The number of carbonyl (C=O) groups is 1. The van der Waals surface area contributed by atoms with Crippen LogP contribution in [-0.2, 0) is 4.79 Å². The number of rotatable bonds is 4. The molecule has 0 bridgehead atoms. The molecule has 0 heterocycles. The molecule has 0 saturated carbocycles. The molecule has 0 aromatic rings. The predicted octanol–water partition coefficient (Wildman–Crippen LogP) is 2.81. The molecule has 1 heteroatoms. The van der Waals surface area contributed by atoms with E-state index in [1.54, 1.807) is 0 Å². The number of hydrogen-bond donors (Lipinski definition) is 0. The fourth-order valence-electron chi connectivity index (χ4n) is 0.663. The third kappa shape index (κ3) is 4.77. The summed E-state index contributed by atoms with van der Waals surface area (Å²) in [5.41, 5.74) is 1.37. The van der Waals surface area contributed by atoms with Gasteiger partial charge in [0, 0.05) is 5.92 Å². The Kier molecular flexibility index (Phi) is 4.84. The number of hydrogen-bond acceptors (Lipinski definition) is 1. The summed E-state index contributed by atoms with van der Waals surface area (Å²) in [6.45, 7) is 8.38. The second-order valence-corrected chi connectivity index (χ2v) is 3.45. The van der Waals surface area contributed by atoms with Gasteiger partial charge in [-0.15, -0.1) is 0 Å². The summed E-state index contributed by atoms with van der Waals surface area (Å²) in [7, 11) is 0. The SMILES string of the molecule is CC(=CCC(C)C=O)C(C)C. The first-order valence-electron chi connectivity index (χ1n) is 4.19. The number of allylic oxidation sites excluding steroid dienone is 2. The Morgan fingerprint density at radius 1 is 1.36 bits per heavy atom. The van der Waals surface area contributed by atoms with Crippen LogP contribution in [0, 0.1) is 11.8 Å². The van der Waals surface area contributed by atoms with E-state index < -0.39 is 0 Å². The standard InChI is InChI=1S/C10H18O/c1-8(2)10(4)6-5-9(3)7-11/h6-9H,5H2,1-4H3. The van der Waals surface area contributed by atoms with E-state index >= 15 is 0 Å². The lowest BCUT2D eigenvalue weighted by molar-refractivity contribution is -0.110. The third-order valence-electron chi connectivity index (χ3n) is 1.95. The smallest absolute Gasteiger partial charge is 0.123 e. The van der Waals surface area contributed by atoms with Crippen molar-refractivity contribution < 1.29 is 4.79 Å². The van der Waals surface area contributed by atoms with Crippen LogP contribution in [0.15, 0.2) is 11.6 Å². The number of carbonyl (C=O) groups excluding carboxylic acids is 1. The van der Waals surface area contributed by atoms with E-state index in [9.17, 15) is 4.79 Å². The van der Waals surface area contributed by atoms with Crippen LogP contribution in [-0.4, -0.2) is 6.29 Å². The zero-order chi connectivity index (χ0) is 8.85. The summed E-state index contributed by atoms with van der Waals surface area (Å²) < 4.78 is 0. The van der Waals surface area contributed by atoms with E-state index in [0.29, 0.717) is 5.92 Å². The molecule has 0 N–H and O–H groups in total. The third-order valence-corrected chi connectivity index (χ3v) is 1.95. The molecule has 0 aromatic carbocycles. The van der Waals surface area contributed by atoms with Gasteiger partial charge in [-0.25, -0.2) is 0 Å². The van der Waals surface area contributed by atoms with Gasteiger partial charge in [-0.1, -0.05) is 32.4 Å². The Bertz CT molecular complexity index is 145. The molecule has 0 rings (SSSR count). The van der Waals surface area contributed by atoms with Gasteiger partial charge >= 0.3 is 0 Å². The van der Waals surface area contributed by atoms with E-state index in [1.807, 2.05) is 6.92 Å². The van der Waals surface area contributed by atoms with Crippen molar-refractivity contribution in [3.8, 4) is 0 Å². The first-order chi connectivity index (χ1) is 5.07. The van der Waals surface area contributed by atoms with Crippen LogP contribution in [0.25, 0.3) is 0 Å². The van der Waals surface area contributed by atoms with Crippen LogP contribution < -0.4 is 0 Å². The topological polar surface area (TPSA) is 17.1 Å². The largest absolute Gasteiger partial charge is 0.303 e. The van der Waals surface area contributed by atoms with Crippen LogP contribution in [0.2, 0.25) is 0 Å². The molecule has 1 unspecified atom stereocenters. The van der Waals surface area contributed by atoms with Crippen LogP contribution in [0.5, 0.6) is 0 Å². The molecular formula is C10H18O. The summed E-state index contributed by atoms with van der Waals surface area (Å²) in [5.74, 6) is 0.776. The lowest BCUT2D eigenvalue weighted by Gasteiger charge is -2.05. The Balaban J connectivity index is 3.81. The quantitative estimate of drug-likeness (QED) is 0.449. The molecule has 0 amide bonds. The van der Waals surface area contributed by atoms with Crippen LogP contribution in [0.3, 0.4) is 0 Å². The molecule has 1 nitrogen and oxygen atoms in total. The first kappa shape index (κ1) is 10.4. The highest BCUT2D eigenvalue weighted by Gasteiger charge is 1.98.